The van der Waals surface area contributed by atoms with Gasteiger partial charge in [0.15, 0.2) is 0 Å². The third-order valence-electron chi connectivity index (χ3n) is 2.48. The van der Waals surface area contributed by atoms with Crippen LogP contribution in [0.2, 0.25) is 0 Å². The van der Waals surface area contributed by atoms with Gasteiger partial charge < -0.3 is 10.6 Å². The molecule has 18 heavy (non-hydrogen) atoms. The molecule has 98 valence electrons. The Morgan fingerprint density at radius 2 is 2.11 bits per heavy atom. The molecule has 1 aromatic carbocycles. The third kappa shape index (κ3) is 4.37. The van der Waals surface area contributed by atoms with Crippen LogP contribution in [-0.2, 0) is 11.2 Å². The van der Waals surface area contributed by atoms with Crippen molar-refractivity contribution in [3.05, 3.63) is 35.4 Å². The van der Waals surface area contributed by atoms with Crippen LogP contribution in [0.5, 0.6) is 0 Å². The van der Waals surface area contributed by atoms with E-state index in [0.717, 1.165) is 12.1 Å². The molecule has 0 heterocycles. The highest BCUT2D eigenvalue weighted by atomic mass is 32.1. The van der Waals surface area contributed by atoms with E-state index in [9.17, 15) is 13.6 Å². The zero-order chi connectivity index (χ0) is 13.7. The first-order valence-electron chi connectivity index (χ1n) is 5.36. The zero-order valence-electron chi connectivity index (χ0n) is 9.95. The summed E-state index contributed by atoms with van der Waals surface area (Å²) < 4.78 is 26.0. The van der Waals surface area contributed by atoms with Gasteiger partial charge in [0.2, 0.25) is 5.91 Å². The molecule has 0 radical (unpaired) electrons. The number of thiocarbonyl (C=S) groups is 1. The van der Waals surface area contributed by atoms with Crippen LogP contribution in [0.25, 0.3) is 0 Å². The lowest BCUT2D eigenvalue weighted by atomic mass is 10.1. The van der Waals surface area contributed by atoms with Gasteiger partial charge in [-0.25, -0.2) is 8.78 Å². The van der Waals surface area contributed by atoms with Crippen LogP contribution in [0.15, 0.2) is 18.2 Å². The largest absolute Gasteiger partial charge is 0.393 e. The van der Waals surface area contributed by atoms with Crippen molar-refractivity contribution in [3.8, 4) is 0 Å². The van der Waals surface area contributed by atoms with E-state index in [1.165, 1.54) is 11.0 Å². The maximum Gasteiger partial charge on any atom is 0.226 e. The first-order valence-corrected chi connectivity index (χ1v) is 5.77. The molecule has 0 saturated heterocycles. The summed E-state index contributed by atoms with van der Waals surface area (Å²) in [4.78, 5) is 13.5. The van der Waals surface area contributed by atoms with Crippen LogP contribution >= 0.6 is 12.2 Å². The molecule has 0 aliphatic heterocycles. The number of benzene rings is 1. The van der Waals surface area contributed by atoms with E-state index in [-0.39, 0.29) is 17.9 Å². The molecule has 0 aliphatic rings. The Hall–Kier alpha value is -1.56. The van der Waals surface area contributed by atoms with Crippen molar-refractivity contribution in [2.45, 2.75) is 12.8 Å². The van der Waals surface area contributed by atoms with Crippen molar-refractivity contribution in [2.75, 3.05) is 13.6 Å². The molecule has 0 saturated carbocycles. The SMILES string of the molecule is CN(CCC(N)=S)C(=O)Cc1ccc(F)cc1F. The Kier molecular flexibility index (Phi) is 5.15. The van der Waals surface area contributed by atoms with Crippen molar-refractivity contribution in [1.29, 1.82) is 0 Å². The van der Waals surface area contributed by atoms with Crippen molar-refractivity contribution in [1.82, 2.24) is 4.90 Å². The molecule has 0 spiro atoms. The number of nitrogens with zero attached hydrogens (tertiary/aromatic N) is 1. The summed E-state index contributed by atoms with van der Waals surface area (Å²) in [7, 11) is 1.59. The highest BCUT2D eigenvalue weighted by molar-refractivity contribution is 7.80. The van der Waals surface area contributed by atoms with Gasteiger partial charge in [-0.3, -0.25) is 4.79 Å². The second kappa shape index (κ2) is 6.39. The fourth-order valence-electron chi connectivity index (χ4n) is 1.37. The second-order valence-electron chi connectivity index (χ2n) is 3.94. The fraction of sp³-hybridized carbons (Fsp3) is 0.333. The minimum atomic E-state index is -0.717. The number of amides is 1. The van der Waals surface area contributed by atoms with E-state index >= 15 is 0 Å². The second-order valence-corrected chi connectivity index (χ2v) is 4.47. The number of hydrogen-bond donors (Lipinski definition) is 1. The molecule has 6 heteroatoms. The first kappa shape index (κ1) is 14.5. The van der Waals surface area contributed by atoms with Gasteiger partial charge in [-0.05, 0) is 11.6 Å². The molecule has 0 fully saturated rings. The van der Waals surface area contributed by atoms with Crippen molar-refractivity contribution in [2.24, 2.45) is 5.73 Å². The van der Waals surface area contributed by atoms with E-state index in [1.54, 1.807) is 7.05 Å². The summed E-state index contributed by atoms with van der Waals surface area (Å²) in [5.74, 6) is -1.65. The molecule has 0 aliphatic carbocycles. The Morgan fingerprint density at radius 3 is 2.67 bits per heavy atom. The summed E-state index contributed by atoms with van der Waals surface area (Å²) >= 11 is 4.70. The van der Waals surface area contributed by atoms with E-state index < -0.39 is 11.6 Å². The quantitative estimate of drug-likeness (QED) is 0.829. The van der Waals surface area contributed by atoms with Gasteiger partial charge >= 0.3 is 0 Å². The zero-order valence-corrected chi connectivity index (χ0v) is 10.8. The molecule has 3 nitrogen and oxygen atoms in total. The summed E-state index contributed by atoms with van der Waals surface area (Å²) in [6, 6.07) is 3.16. The standard InChI is InChI=1S/C12H14F2N2OS/c1-16(5-4-11(15)18)12(17)6-8-2-3-9(13)7-10(8)14/h2-3,7H,4-6H2,1H3,(H2,15,18). The minimum Gasteiger partial charge on any atom is -0.393 e. The van der Waals surface area contributed by atoms with E-state index in [2.05, 4.69) is 0 Å². The van der Waals surface area contributed by atoms with E-state index in [1.807, 2.05) is 0 Å². The highest BCUT2D eigenvalue weighted by Crippen LogP contribution is 2.11. The smallest absolute Gasteiger partial charge is 0.226 e. The minimum absolute atomic E-state index is 0.111. The molecule has 0 aromatic heterocycles. The lowest BCUT2D eigenvalue weighted by molar-refractivity contribution is -0.129. The van der Waals surface area contributed by atoms with Crippen LogP contribution in [0, 0.1) is 11.6 Å². The average Bonchev–Trinajstić information content (AvgIpc) is 2.29. The first-order chi connectivity index (χ1) is 8.40. The predicted molar refractivity (Wildman–Crippen MR) is 69.1 cm³/mol. The molecule has 1 aromatic rings. The predicted octanol–water partition coefficient (Wildman–Crippen LogP) is 1.64. The van der Waals surface area contributed by atoms with Gasteiger partial charge in [-0.1, -0.05) is 18.3 Å². The lowest BCUT2D eigenvalue weighted by Crippen LogP contribution is -2.31. The van der Waals surface area contributed by atoms with Gasteiger partial charge in [0.25, 0.3) is 0 Å². The Morgan fingerprint density at radius 1 is 1.44 bits per heavy atom. The number of carbonyl (C=O) groups is 1. The summed E-state index contributed by atoms with van der Waals surface area (Å²) in [5, 5.41) is 0. The topological polar surface area (TPSA) is 46.3 Å². The molecule has 0 unspecified atom stereocenters. The maximum absolute atomic E-state index is 13.3. The van der Waals surface area contributed by atoms with Gasteiger partial charge in [0.1, 0.15) is 11.6 Å². The molecule has 1 amide bonds. The monoisotopic (exact) mass is 272 g/mol. The molecule has 1 rings (SSSR count). The van der Waals surface area contributed by atoms with Gasteiger partial charge in [0.05, 0.1) is 11.4 Å². The van der Waals surface area contributed by atoms with E-state index in [0.29, 0.717) is 18.0 Å². The number of carbonyl (C=O) groups excluding carboxylic acids is 1. The summed E-state index contributed by atoms with van der Waals surface area (Å²) in [5.41, 5.74) is 5.50. The highest BCUT2D eigenvalue weighted by Gasteiger charge is 2.13. The fourth-order valence-corrected chi connectivity index (χ4v) is 1.46. The Labute approximate surface area is 110 Å². The van der Waals surface area contributed by atoms with Crippen LogP contribution in [0.4, 0.5) is 8.78 Å². The normalized spacial score (nSPS) is 10.2. The molecular formula is C12H14F2N2OS. The van der Waals surface area contributed by atoms with E-state index in [4.69, 9.17) is 18.0 Å². The molecule has 2 N–H and O–H groups in total. The van der Waals surface area contributed by atoms with Crippen LogP contribution in [-0.4, -0.2) is 29.4 Å². The van der Waals surface area contributed by atoms with Gasteiger partial charge in [0, 0.05) is 26.1 Å². The third-order valence-corrected chi connectivity index (χ3v) is 2.68. The number of likely N-dealkylation sites (N-methyl/N-ethyl adjacent to an activating group) is 1. The summed E-state index contributed by atoms with van der Waals surface area (Å²) in [6.45, 7) is 0.386. The number of halogens is 2. The number of nitrogens with two attached hydrogens (primary N) is 1. The summed E-state index contributed by atoms with van der Waals surface area (Å²) in [6.07, 6.45) is 0.309. The molecular weight excluding hydrogens is 258 g/mol. The van der Waals surface area contributed by atoms with Crippen LogP contribution < -0.4 is 5.73 Å². The van der Waals surface area contributed by atoms with Crippen molar-refractivity contribution < 1.29 is 13.6 Å². The number of rotatable bonds is 5. The number of hydrogen-bond acceptors (Lipinski definition) is 2. The molecule has 0 atom stereocenters. The van der Waals surface area contributed by atoms with Crippen LogP contribution in [0.1, 0.15) is 12.0 Å². The Balaban J connectivity index is 2.61. The van der Waals surface area contributed by atoms with Gasteiger partial charge in [-0.2, -0.15) is 0 Å². The molecule has 0 bridgehead atoms. The van der Waals surface area contributed by atoms with Gasteiger partial charge in [-0.15, -0.1) is 0 Å². The maximum atomic E-state index is 13.3. The van der Waals surface area contributed by atoms with Crippen molar-refractivity contribution >= 4 is 23.1 Å². The average molecular weight is 272 g/mol. The Bertz CT molecular complexity index is 465. The van der Waals surface area contributed by atoms with Crippen molar-refractivity contribution in [3.63, 3.8) is 0 Å². The lowest BCUT2D eigenvalue weighted by Gasteiger charge is -2.16. The van der Waals surface area contributed by atoms with Crippen LogP contribution in [0.3, 0.4) is 0 Å².